The normalized spacial score (nSPS) is 20.3. The lowest BCUT2D eigenvalue weighted by atomic mass is 9.85. The van der Waals surface area contributed by atoms with Gasteiger partial charge < -0.3 is 15.3 Å². The zero-order chi connectivity index (χ0) is 26.2. The van der Waals surface area contributed by atoms with Gasteiger partial charge in [0, 0.05) is 28.5 Å². The number of nitrogens with one attached hydrogen (secondary N) is 1. The molecule has 174 valence electrons. The molecule has 2 N–H and O–H groups in total. The molecule has 0 unspecified atom stereocenters. The fourth-order valence-corrected chi connectivity index (χ4v) is 4.92. The van der Waals surface area contributed by atoms with Gasteiger partial charge in [0.1, 0.15) is 5.52 Å². The monoisotopic (exact) mass is 489 g/mol. The van der Waals surface area contributed by atoms with Crippen LogP contribution < -0.4 is 5.32 Å². The summed E-state index contributed by atoms with van der Waals surface area (Å²) in [4.78, 5) is 23.1. The Morgan fingerprint density at radius 3 is 2.58 bits per heavy atom. The third-order valence-electron chi connectivity index (χ3n) is 6.13. The molecular formula is C25H28Cl2N4O2. The molecule has 1 fully saturated rings. The van der Waals surface area contributed by atoms with Crippen LogP contribution in [0.15, 0.2) is 30.5 Å². The molecular weight excluding hydrogens is 459 g/mol. The second-order valence-corrected chi connectivity index (χ2v) is 9.51. The number of rotatable bonds is 6. The van der Waals surface area contributed by atoms with Gasteiger partial charge in [-0.2, -0.15) is 0 Å². The Morgan fingerprint density at radius 2 is 1.94 bits per heavy atom. The molecule has 0 bridgehead atoms. The van der Waals surface area contributed by atoms with Crippen LogP contribution in [-0.4, -0.2) is 52.4 Å². The van der Waals surface area contributed by atoms with Gasteiger partial charge in [0.2, 0.25) is 0 Å². The maximum atomic E-state index is 12.5. The molecule has 8 heteroatoms. The molecule has 4 rings (SSSR count). The van der Waals surface area contributed by atoms with E-state index in [-0.39, 0.29) is 27.6 Å². The molecule has 0 saturated heterocycles. The largest absolute Gasteiger partial charge is 0.505 e. The first kappa shape index (κ1) is 20.0. The number of ketones is 1. The summed E-state index contributed by atoms with van der Waals surface area (Å²) in [7, 11) is 1.64. The second-order valence-electron chi connectivity index (χ2n) is 8.70. The molecule has 3 aromatic rings. The summed E-state index contributed by atoms with van der Waals surface area (Å²) in [6, 6.07) is 6.90. The quantitative estimate of drug-likeness (QED) is 0.410. The van der Waals surface area contributed by atoms with Crippen LogP contribution in [0.25, 0.3) is 22.3 Å². The van der Waals surface area contributed by atoms with E-state index in [0.717, 1.165) is 25.7 Å². The van der Waals surface area contributed by atoms with Gasteiger partial charge in [0.25, 0.3) is 0 Å². The maximum Gasteiger partial charge on any atom is 0.163 e. The number of halogens is 2. The minimum absolute atomic E-state index is 0.117. The predicted molar refractivity (Wildman–Crippen MR) is 135 cm³/mol. The van der Waals surface area contributed by atoms with E-state index in [1.54, 1.807) is 31.4 Å². The van der Waals surface area contributed by atoms with Crippen LogP contribution in [-0.2, 0) is 0 Å². The maximum absolute atomic E-state index is 12.5. The third kappa shape index (κ3) is 5.24. The number of Topliss-reactive ketones (excluding diaryl/α,β-unsaturated/α-hetero) is 1. The predicted octanol–water partition coefficient (Wildman–Crippen LogP) is 6.04. The van der Waals surface area contributed by atoms with Gasteiger partial charge in [-0.3, -0.25) is 9.78 Å². The van der Waals surface area contributed by atoms with Gasteiger partial charge in [0.05, 0.1) is 32.5 Å². The number of hydrogen-bond acceptors (Lipinski definition) is 6. The molecule has 1 aromatic carbocycles. The SMILES string of the molecule is [2H]C([2H])([2H])N(C)CC1CCC(Nc2c(C(C)=O)cnc3ccc(-c4cc(Cl)c(O)c(Cl)c4)nc23)CC1. The lowest BCUT2D eigenvalue weighted by Crippen LogP contribution is -2.31. The third-order valence-corrected chi connectivity index (χ3v) is 6.71. The van der Waals surface area contributed by atoms with Crippen molar-refractivity contribution in [3.05, 3.63) is 46.1 Å². The summed E-state index contributed by atoms with van der Waals surface area (Å²) < 4.78 is 22.7. The van der Waals surface area contributed by atoms with Crippen LogP contribution >= 0.6 is 23.2 Å². The van der Waals surface area contributed by atoms with E-state index in [1.807, 2.05) is 6.07 Å². The molecule has 1 aliphatic rings. The highest BCUT2D eigenvalue weighted by Gasteiger charge is 2.24. The molecule has 6 nitrogen and oxygen atoms in total. The number of carbonyl (C=O) groups excluding carboxylic acids is 1. The first-order chi connectivity index (χ1) is 16.9. The molecule has 33 heavy (non-hydrogen) atoms. The van der Waals surface area contributed by atoms with Gasteiger partial charge in [-0.15, -0.1) is 0 Å². The number of anilines is 1. The van der Waals surface area contributed by atoms with E-state index in [4.69, 9.17) is 32.3 Å². The number of benzene rings is 1. The molecule has 0 atom stereocenters. The van der Waals surface area contributed by atoms with Gasteiger partial charge in [-0.25, -0.2) is 4.98 Å². The van der Waals surface area contributed by atoms with E-state index in [9.17, 15) is 9.90 Å². The minimum atomic E-state index is -2.09. The molecule has 0 aliphatic heterocycles. The number of nitrogens with zero attached hydrogens (tertiary/aromatic N) is 3. The zero-order valence-electron chi connectivity index (χ0n) is 21.5. The number of pyridine rings is 2. The molecule has 0 amide bonds. The Labute approximate surface area is 208 Å². The van der Waals surface area contributed by atoms with E-state index in [0.29, 0.717) is 46.0 Å². The van der Waals surface area contributed by atoms with Crippen molar-refractivity contribution in [1.29, 1.82) is 0 Å². The standard InChI is InChI=1S/C25H28Cl2N4O2/c1-14(32)18-12-28-22-9-8-21(16-10-19(26)25(33)20(27)11-16)30-24(22)23(18)29-17-6-4-15(5-7-17)13-31(2)3/h8-12,15,17,33H,4-7,13H2,1-3H3,(H,28,29)/i2D3. The lowest BCUT2D eigenvalue weighted by Gasteiger charge is -2.31. The van der Waals surface area contributed by atoms with Crippen molar-refractivity contribution in [2.45, 2.75) is 38.6 Å². The van der Waals surface area contributed by atoms with E-state index < -0.39 is 6.98 Å². The van der Waals surface area contributed by atoms with Crippen molar-refractivity contribution >= 4 is 45.7 Å². The highest BCUT2D eigenvalue weighted by atomic mass is 35.5. The molecule has 1 aliphatic carbocycles. The van der Waals surface area contributed by atoms with Crippen LogP contribution in [0, 0.1) is 5.92 Å². The first-order valence-electron chi connectivity index (χ1n) is 12.4. The average Bonchev–Trinajstić information content (AvgIpc) is 2.82. The van der Waals surface area contributed by atoms with Crippen LogP contribution in [0.3, 0.4) is 0 Å². The van der Waals surface area contributed by atoms with Crippen LogP contribution in [0.5, 0.6) is 5.75 Å². The van der Waals surface area contributed by atoms with E-state index >= 15 is 0 Å². The number of hydrogen-bond donors (Lipinski definition) is 2. The number of aromatic nitrogens is 2. The Hall–Kier alpha value is -2.41. The highest BCUT2D eigenvalue weighted by molar-refractivity contribution is 6.37. The van der Waals surface area contributed by atoms with Crippen molar-refractivity contribution < 1.29 is 14.0 Å². The minimum Gasteiger partial charge on any atom is -0.505 e. The molecule has 1 saturated carbocycles. The lowest BCUT2D eigenvalue weighted by molar-refractivity contribution is 0.101. The summed E-state index contributed by atoms with van der Waals surface area (Å²) >= 11 is 12.2. The van der Waals surface area contributed by atoms with Crippen molar-refractivity contribution in [2.75, 3.05) is 25.9 Å². The number of phenolic OH excluding ortho intramolecular Hbond substituents is 1. The fourth-order valence-electron chi connectivity index (χ4n) is 4.43. The molecule has 0 radical (unpaired) electrons. The van der Waals surface area contributed by atoms with Crippen molar-refractivity contribution in [3.8, 4) is 17.0 Å². The van der Waals surface area contributed by atoms with Crippen molar-refractivity contribution in [1.82, 2.24) is 14.9 Å². The zero-order valence-corrected chi connectivity index (χ0v) is 20.0. The molecule has 2 heterocycles. The smallest absolute Gasteiger partial charge is 0.163 e. The van der Waals surface area contributed by atoms with Crippen molar-refractivity contribution in [3.63, 3.8) is 0 Å². The highest BCUT2D eigenvalue weighted by Crippen LogP contribution is 2.37. The first-order valence-corrected chi connectivity index (χ1v) is 11.7. The van der Waals surface area contributed by atoms with Crippen LogP contribution in [0.1, 0.15) is 47.1 Å². The van der Waals surface area contributed by atoms with Gasteiger partial charge in [-0.05, 0) is 76.8 Å². The van der Waals surface area contributed by atoms with E-state index in [1.165, 1.54) is 11.8 Å². The Kier molecular flexibility index (Phi) is 5.96. The van der Waals surface area contributed by atoms with Gasteiger partial charge >= 0.3 is 0 Å². The van der Waals surface area contributed by atoms with Gasteiger partial charge in [0.15, 0.2) is 11.5 Å². The van der Waals surface area contributed by atoms with Crippen LogP contribution in [0.2, 0.25) is 10.0 Å². The number of aromatic hydroxyl groups is 1. The summed E-state index contributed by atoms with van der Waals surface area (Å²) in [5.74, 6) is -0.00195. The number of fused-ring (bicyclic) bond motifs is 1. The number of phenols is 1. The Balaban J connectivity index is 1.62. The molecule has 2 aromatic heterocycles. The summed E-state index contributed by atoms with van der Waals surface area (Å²) in [5.41, 5.74) is 3.49. The molecule has 0 spiro atoms. The topological polar surface area (TPSA) is 78.4 Å². The Morgan fingerprint density at radius 1 is 1.24 bits per heavy atom. The fraction of sp³-hybridized carbons (Fsp3) is 0.400. The Bertz CT molecular complexity index is 1270. The number of carbonyl (C=O) groups is 1. The average molecular weight is 490 g/mol. The summed E-state index contributed by atoms with van der Waals surface area (Å²) in [6.07, 6.45) is 5.05. The van der Waals surface area contributed by atoms with Crippen molar-refractivity contribution in [2.24, 2.45) is 5.92 Å². The van der Waals surface area contributed by atoms with E-state index in [2.05, 4.69) is 10.3 Å². The van der Waals surface area contributed by atoms with Crippen LogP contribution in [0.4, 0.5) is 5.69 Å². The second kappa shape index (κ2) is 9.84. The summed E-state index contributed by atoms with van der Waals surface area (Å²) in [5, 5.41) is 13.7. The van der Waals surface area contributed by atoms with Gasteiger partial charge in [-0.1, -0.05) is 23.2 Å². The summed E-state index contributed by atoms with van der Waals surface area (Å²) in [6.45, 7) is -0.0571.